The second kappa shape index (κ2) is 10.0. The minimum atomic E-state index is -3.75. The largest absolute Gasteiger partial charge is 0.491 e. The van der Waals surface area contributed by atoms with Crippen molar-refractivity contribution in [1.82, 2.24) is 9.62 Å². The van der Waals surface area contributed by atoms with Crippen LogP contribution in [0.4, 0.5) is 5.69 Å². The first-order valence-corrected chi connectivity index (χ1v) is 12.8. The number of hydrogen-bond acceptors (Lipinski definition) is 6. The van der Waals surface area contributed by atoms with E-state index in [4.69, 9.17) is 9.47 Å². The molecule has 0 unspecified atom stereocenters. The van der Waals surface area contributed by atoms with E-state index in [2.05, 4.69) is 10.6 Å². The molecule has 9 nitrogen and oxygen atoms in total. The van der Waals surface area contributed by atoms with E-state index in [-0.39, 0.29) is 48.4 Å². The highest BCUT2D eigenvalue weighted by molar-refractivity contribution is 7.89. The molecule has 182 valence electrons. The summed E-state index contributed by atoms with van der Waals surface area (Å²) in [5.74, 6) is 0.580. The summed E-state index contributed by atoms with van der Waals surface area (Å²) >= 11 is 0. The fourth-order valence-corrected chi connectivity index (χ4v) is 5.52. The van der Waals surface area contributed by atoms with E-state index < -0.39 is 10.0 Å². The van der Waals surface area contributed by atoms with Crippen molar-refractivity contribution in [3.63, 3.8) is 0 Å². The smallest absolute Gasteiger partial charge is 0.262 e. The number of fused-ring (bicyclic) bond motifs is 1. The zero-order valence-electron chi connectivity index (χ0n) is 19.2. The predicted octanol–water partition coefficient (Wildman–Crippen LogP) is 2.52. The summed E-state index contributed by atoms with van der Waals surface area (Å²) in [6.07, 6.45) is 0.982. The molecule has 10 heteroatoms. The highest BCUT2D eigenvalue weighted by Gasteiger charge is 2.32. The maximum absolute atomic E-state index is 13.1. The number of amides is 2. The molecule has 2 aliphatic rings. The van der Waals surface area contributed by atoms with E-state index in [1.807, 2.05) is 38.1 Å². The Bertz CT molecular complexity index is 1160. The molecule has 34 heavy (non-hydrogen) atoms. The zero-order chi connectivity index (χ0) is 24.3. The molecule has 2 heterocycles. The Morgan fingerprint density at radius 1 is 1.18 bits per heavy atom. The van der Waals surface area contributed by atoms with Gasteiger partial charge in [-0.15, -0.1) is 0 Å². The van der Waals surface area contributed by atoms with Crippen molar-refractivity contribution in [2.75, 3.05) is 25.0 Å². The Hall–Kier alpha value is -3.11. The van der Waals surface area contributed by atoms with Gasteiger partial charge in [-0.05, 0) is 62.6 Å². The molecule has 0 saturated carbocycles. The molecule has 0 aliphatic carbocycles. The lowest BCUT2D eigenvalue weighted by Crippen LogP contribution is -2.42. The Morgan fingerprint density at radius 3 is 2.56 bits per heavy atom. The van der Waals surface area contributed by atoms with Crippen LogP contribution < -0.4 is 20.1 Å². The lowest BCUT2D eigenvalue weighted by atomic mass is 9.97. The second-order valence-corrected chi connectivity index (χ2v) is 10.6. The van der Waals surface area contributed by atoms with Gasteiger partial charge in [0.2, 0.25) is 15.9 Å². The third-order valence-corrected chi connectivity index (χ3v) is 7.70. The highest BCUT2D eigenvalue weighted by atomic mass is 32.2. The van der Waals surface area contributed by atoms with Crippen LogP contribution in [0.25, 0.3) is 0 Å². The molecule has 1 saturated heterocycles. The van der Waals surface area contributed by atoms with Crippen molar-refractivity contribution >= 4 is 27.5 Å². The molecule has 0 atom stereocenters. The SMILES string of the molecule is CC(C)Oc1ccc(CNC(=O)C2CCN(S(=O)(=O)c3ccc4c(c3)NC(=O)CO4)CC2)cc1. The summed E-state index contributed by atoms with van der Waals surface area (Å²) in [5, 5.41) is 5.58. The second-order valence-electron chi connectivity index (χ2n) is 8.70. The first-order chi connectivity index (χ1) is 16.2. The molecule has 0 radical (unpaired) electrons. The molecule has 0 spiro atoms. The van der Waals surface area contributed by atoms with E-state index >= 15 is 0 Å². The quantitative estimate of drug-likeness (QED) is 0.620. The van der Waals surface area contributed by atoms with Crippen LogP contribution in [0.2, 0.25) is 0 Å². The predicted molar refractivity (Wildman–Crippen MR) is 126 cm³/mol. The fourth-order valence-electron chi connectivity index (χ4n) is 4.02. The number of rotatable bonds is 7. The van der Waals surface area contributed by atoms with Crippen molar-refractivity contribution in [2.24, 2.45) is 5.92 Å². The summed E-state index contributed by atoms with van der Waals surface area (Å²) in [6.45, 7) is 4.75. The average Bonchev–Trinajstić information content (AvgIpc) is 2.82. The van der Waals surface area contributed by atoms with Gasteiger partial charge in [-0.2, -0.15) is 4.31 Å². The van der Waals surface area contributed by atoms with Gasteiger partial charge in [-0.25, -0.2) is 8.42 Å². The summed E-state index contributed by atoms with van der Waals surface area (Å²) in [5.41, 5.74) is 1.31. The van der Waals surface area contributed by atoms with E-state index in [9.17, 15) is 18.0 Å². The first kappa shape index (κ1) is 24.0. The van der Waals surface area contributed by atoms with Crippen LogP contribution in [0.1, 0.15) is 32.3 Å². The van der Waals surface area contributed by atoms with Crippen molar-refractivity contribution in [3.8, 4) is 11.5 Å². The Balaban J connectivity index is 1.30. The van der Waals surface area contributed by atoms with Gasteiger partial charge in [0.15, 0.2) is 6.61 Å². The van der Waals surface area contributed by atoms with Crippen LogP contribution in [-0.4, -0.2) is 50.3 Å². The van der Waals surface area contributed by atoms with Crippen LogP contribution in [0.3, 0.4) is 0 Å². The molecule has 0 aromatic heterocycles. The molecule has 1 fully saturated rings. The van der Waals surface area contributed by atoms with Gasteiger partial charge < -0.3 is 20.1 Å². The van der Waals surface area contributed by atoms with E-state index in [0.29, 0.717) is 30.8 Å². The maximum atomic E-state index is 13.1. The first-order valence-electron chi connectivity index (χ1n) is 11.3. The summed E-state index contributed by atoms with van der Waals surface area (Å²) in [7, 11) is -3.75. The summed E-state index contributed by atoms with van der Waals surface area (Å²) in [6, 6.07) is 12.0. The number of piperidine rings is 1. The highest BCUT2D eigenvalue weighted by Crippen LogP contribution is 2.32. The molecule has 2 aromatic carbocycles. The zero-order valence-corrected chi connectivity index (χ0v) is 20.1. The normalized spacial score (nSPS) is 17.0. The van der Waals surface area contributed by atoms with Crippen LogP contribution in [0.5, 0.6) is 11.5 Å². The number of sulfonamides is 1. The summed E-state index contributed by atoms with van der Waals surface area (Å²) < 4.78 is 38.5. The minimum Gasteiger partial charge on any atom is -0.491 e. The van der Waals surface area contributed by atoms with E-state index in [1.165, 1.54) is 16.4 Å². The number of anilines is 1. The van der Waals surface area contributed by atoms with Crippen LogP contribution in [0, 0.1) is 5.92 Å². The van der Waals surface area contributed by atoms with E-state index in [1.54, 1.807) is 6.07 Å². The third kappa shape index (κ3) is 5.51. The van der Waals surface area contributed by atoms with Gasteiger partial charge in [0.25, 0.3) is 5.91 Å². The Morgan fingerprint density at radius 2 is 1.88 bits per heavy atom. The lowest BCUT2D eigenvalue weighted by molar-refractivity contribution is -0.126. The van der Waals surface area contributed by atoms with Crippen LogP contribution in [0.15, 0.2) is 47.4 Å². The average molecular weight is 488 g/mol. The van der Waals surface area contributed by atoms with Gasteiger partial charge in [-0.1, -0.05) is 12.1 Å². The molecule has 2 N–H and O–H groups in total. The molecule has 2 aromatic rings. The molecule has 2 aliphatic heterocycles. The number of nitrogens with one attached hydrogen (secondary N) is 2. The van der Waals surface area contributed by atoms with Crippen LogP contribution >= 0.6 is 0 Å². The Labute approximate surface area is 199 Å². The van der Waals surface area contributed by atoms with Gasteiger partial charge >= 0.3 is 0 Å². The third-order valence-electron chi connectivity index (χ3n) is 5.81. The number of carbonyl (C=O) groups is 2. The lowest BCUT2D eigenvalue weighted by Gasteiger charge is -2.31. The molecule has 0 bridgehead atoms. The van der Waals surface area contributed by atoms with Crippen LogP contribution in [-0.2, 0) is 26.2 Å². The molecular formula is C24H29N3O6S. The number of benzene rings is 2. The molecule has 2 amide bonds. The summed E-state index contributed by atoms with van der Waals surface area (Å²) in [4.78, 5) is 24.3. The number of carbonyl (C=O) groups excluding carboxylic acids is 2. The van der Waals surface area contributed by atoms with Gasteiger partial charge in [0.05, 0.1) is 16.7 Å². The monoisotopic (exact) mass is 487 g/mol. The van der Waals surface area contributed by atoms with Crippen molar-refractivity contribution in [2.45, 2.75) is 44.2 Å². The molecular weight excluding hydrogens is 458 g/mol. The van der Waals surface area contributed by atoms with Gasteiger partial charge in [0, 0.05) is 25.6 Å². The molecule has 4 rings (SSSR count). The van der Waals surface area contributed by atoms with Crippen molar-refractivity contribution in [3.05, 3.63) is 48.0 Å². The topological polar surface area (TPSA) is 114 Å². The van der Waals surface area contributed by atoms with Crippen molar-refractivity contribution in [1.29, 1.82) is 0 Å². The number of hydrogen-bond donors (Lipinski definition) is 2. The van der Waals surface area contributed by atoms with Crippen molar-refractivity contribution < 1.29 is 27.5 Å². The van der Waals surface area contributed by atoms with E-state index in [0.717, 1.165) is 11.3 Å². The minimum absolute atomic E-state index is 0.0757. The number of ether oxygens (including phenoxy) is 2. The van der Waals surface area contributed by atoms with Gasteiger partial charge in [0.1, 0.15) is 11.5 Å². The fraction of sp³-hybridized carbons (Fsp3) is 0.417. The number of nitrogens with zero attached hydrogens (tertiary/aromatic N) is 1. The van der Waals surface area contributed by atoms with Gasteiger partial charge in [-0.3, -0.25) is 9.59 Å². The Kier molecular flexibility index (Phi) is 7.08. The maximum Gasteiger partial charge on any atom is 0.262 e. The standard InChI is InChI=1S/C24H29N3O6S/c1-16(2)33-19-5-3-17(4-6-19)14-25-24(29)18-9-11-27(12-10-18)34(30,31)20-7-8-22-21(13-20)26-23(28)15-32-22/h3-8,13,16,18H,9-12,14-15H2,1-2H3,(H,25,29)(H,26,28).